The fourth-order valence-electron chi connectivity index (χ4n) is 2.75. The zero-order valence-electron chi connectivity index (χ0n) is 16.9. The Kier molecular flexibility index (Phi) is 8.04. The van der Waals surface area contributed by atoms with Crippen LogP contribution >= 0.6 is 27.5 Å². The highest BCUT2D eigenvalue weighted by molar-refractivity contribution is 9.10. The maximum Gasteiger partial charge on any atom is 0.416 e. The van der Waals surface area contributed by atoms with E-state index < -0.39 is 11.7 Å². The maximum absolute atomic E-state index is 12.7. The van der Waals surface area contributed by atoms with E-state index in [1.165, 1.54) is 18.3 Å². The smallest absolute Gasteiger partial charge is 0.416 e. The second-order valence-electron chi connectivity index (χ2n) is 6.59. The Hall–Kier alpha value is -2.71. The van der Waals surface area contributed by atoms with Gasteiger partial charge in [0.1, 0.15) is 6.61 Å². The molecule has 0 spiro atoms. The third kappa shape index (κ3) is 6.40. The SMILES string of the molecule is CCOc1cc(/C=N/Nc2ccc(C(F)(F)F)cc2)cc(Br)c1OCc1ccccc1Cl. The van der Waals surface area contributed by atoms with E-state index in [0.29, 0.717) is 38.9 Å². The molecular formula is C23H19BrClF3N2O2. The van der Waals surface area contributed by atoms with Gasteiger partial charge in [0.15, 0.2) is 11.5 Å². The van der Waals surface area contributed by atoms with E-state index in [4.69, 9.17) is 21.1 Å². The van der Waals surface area contributed by atoms with Crippen LogP contribution in [-0.4, -0.2) is 12.8 Å². The fourth-order valence-corrected chi connectivity index (χ4v) is 3.51. The first-order chi connectivity index (χ1) is 15.3. The summed E-state index contributed by atoms with van der Waals surface area (Å²) in [5.74, 6) is 1.05. The van der Waals surface area contributed by atoms with Gasteiger partial charge in [-0.3, -0.25) is 5.43 Å². The van der Waals surface area contributed by atoms with Crippen LogP contribution in [0.5, 0.6) is 11.5 Å². The van der Waals surface area contributed by atoms with Crippen LogP contribution in [0, 0.1) is 0 Å². The molecule has 0 unspecified atom stereocenters. The Labute approximate surface area is 197 Å². The van der Waals surface area contributed by atoms with Gasteiger partial charge in [0.25, 0.3) is 0 Å². The number of benzene rings is 3. The number of ether oxygens (including phenoxy) is 2. The Balaban J connectivity index is 1.72. The van der Waals surface area contributed by atoms with Crippen molar-refractivity contribution in [1.29, 1.82) is 0 Å². The minimum Gasteiger partial charge on any atom is -0.490 e. The molecule has 0 bridgehead atoms. The van der Waals surface area contributed by atoms with E-state index in [9.17, 15) is 13.2 Å². The van der Waals surface area contributed by atoms with E-state index in [2.05, 4.69) is 26.5 Å². The fraction of sp³-hybridized carbons (Fsp3) is 0.174. The van der Waals surface area contributed by atoms with Crippen molar-refractivity contribution in [3.63, 3.8) is 0 Å². The molecule has 0 heterocycles. The first kappa shape index (κ1) is 23.9. The molecule has 0 aliphatic heterocycles. The minimum absolute atomic E-state index is 0.265. The van der Waals surface area contributed by atoms with E-state index in [1.807, 2.05) is 25.1 Å². The van der Waals surface area contributed by atoms with Gasteiger partial charge in [-0.15, -0.1) is 0 Å². The summed E-state index contributed by atoms with van der Waals surface area (Å²) in [7, 11) is 0. The predicted molar refractivity (Wildman–Crippen MR) is 124 cm³/mol. The summed E-state index contributed by atoms with van der Waals surface area (Å²) in [6.07, 6.45) is -2.85. The number of alkyl halides is 3. The maximum atomic E-state index is 12.7. The van der Waals surface area contributed by atoms with Crippen molar-refractivity contribution in [1.82, 2.24) is 0 Å². The van der Waals surface area contributed by atoms with Gasteiger partial charge in [0.2, 0.25) is 0 Å². The lowest BCUT2D eigenvalue weighted by atomic mass is 10.2. The summed E-state index contributed by atoms with van der Waals surface area (Å²) in [6.45, 7) is 2.55. The summed E-state index contributed by atoms with van der Waals surface area (Å²) >= 11 is 9.69. The number of hydrogen-bond acceptors (Lipinski definition) is 4. The molecule has 168 valence electrons. The highest BCUT2D eigenvalue weighted by Crippen LogP contribution is 2.37. The predicted octanol–water partition coefficient (Wildman–Crippen LogP) is 7.55. The second kappa shape index (κ2) is 10.7. The first-order valence-corrected chi connectivity index (χ1v) is 10.7. The zero-order chi connectivity index (χ0) is 23.1. The second-order valence-corrected chi connectivity index (χ2v) is 7.85. The summed E-state index contributed by atoms with van der Waals surface area (Å²) in [5, 5.41) is 4.70. The lowest BCUT2D eigenvalue weighted by Crippen LogP contribution is -2.04. The molecule has 3 aromatic rings. The molecule has 0 fully saturated rings. The van der Waals surface area contributed by atoms with Crippen molar-refractivity contribution in [2.75, 3.05) is 12.0 Å². The summed E-state index contributed by atoms with van der Waals surface area (Å²) in [6, 6.07) is 15.6. The molecular weight excluding hydrogens is 509 g/mol. The molecule has 0 saturated carbocycles. The van der Waals surface area contributed by atoms with Gasteiger partial charge < -0.3 is 9.47 Å². The summed E-state index contributed by atoms with van der Waals surface area (Å²) < 4.78 is 50.3. The van der Waals surface area contributed by atoms with Gasteiger partial charge in [-0.25, -0.2) is 0 Å². The van der Waals surface area contributed by atoms with Crippen LogP contribution in [0.3, 0.4) is 0 Å². The van der Waals surface area contributed by atoms with Crippen LogP contribution in [0.4, 0.5) is 18.9 Å². The lowest BCUT2D eigenvalue weighted by Gasteiger charge is -2.15. The summed E-state index contributed by atoms with van der Waals surface area (Å²) in [5.41, 5.74) is 3.96. The van der Waals surface area contributed by atoms with E-state index in [1.54, 1.807) is 18.2 Å². The van der Waals surface area contributed by atoms with E-state index >= 15 is 0 Å². The molecule has 0 aliphatic carbocycles. The Morgan fingerprint density at radius 2 is 1.78 bits per heavy atom. The third-order valence-corrected chi connectivity index (χ3v) is 5.24. The standard InChI is InChI=1S/C23H19BrClF3N2O2/c1-2-31-21-12-15(13-29-30-18-9-7-17(8-10-18)23(26,27)28)11-19(24)22(21)32-14-16-5-3-4-6-20(16)25/h3-13,30H,2,14H2,1H3/b29-13+. The molecule has 0 aliphatic rings. The Bertz CT molecular complexity index is 1090. The van der Waals surface area contributed by atoms with Crippen molar-refractivity contribution in [3.05, 3.63) is 86.8 Å². The molecule has 1 N–H and O–H groups in total. The average molecular weight is 528 g/mol. The largest absolute Gasteiger partial charge is 0.490 e. The van der Waals surface area contributed by atoms with Gasteiger partial charge in [0.05, 0.1) is 28.5 Å². The number of hydrazone groups is 1. The molecule has 3 rings (SSSR count). The number of rotatable bonds is 8. The third-order valence-electron chi connectivity index (χ3n) is 4.28. The Morgan fingerprint density at radius 1 is 1.06 bits per heavy atom. The van der Waals surface area contributed by atoms with Crippen LogP contribution in [0.15, 0.2) is 70.2 Å². The van der Waals surface area contributed by atoms with Gasteiger partial charge in [-0.2, -0.15) is 18.3 Å². The van der Waals surface area contributed by atoms with Crippen LogP contribution in [0.1, 0.15) is 23.6 Å². The lowest BCUT2D eigenvalue weighted by molar-refractivity contribution is -0.137. The number of hydrogen-bond donors (Lipinski definition) is 1. The molecule has 0 radical (unpaired) electrons. The number of nitrogens with zero attached hydrogens (tertiary/aromatic N) is 1. The van der Waals surface area contributed by atoms with Crippen LogP contribution < -0.4 is 14.9 Å². The molecule has 32 heavy (non-hydrogen) atoms. The van der Waals surface area contributed by atoms with Crippen molar-refractivity contribution in [2.24, 2.45) is 5.10 Å². The van der Waals surface area contributed by atoms with Crippen molar-refractivity contribution < 1.29 is 22.6 Å². The molecule has 0 atom stereocenters. The topological polar surface area (TPSA) is 42.8 Å². The molecule has 0 saturated heterocycles. The Morgan fingerprint density at radius 3 is 2.44 bits per heavy atom. The monoisotopic (exact) mass is 526 g/mol. The normalized spacial score (nSPS) is 11.6. The minimum atomic E-state index is -4.38. The van der Waals surface area contributed by atoms with Crippen molar-refractivity contribution in [2.45, 2.75) is 19.7 Å². The van der Waals surface area contributed by atoms with Crippen molar-refractivity contribution in [3.8, 4) is 11.5 Å². The average Bonchev–Trinajstić information content (AvgIpc) is 2.74. The van der Waals surface area contributed by atoms with E-state index in [0.717, 1.165) is 17.7 Å². The first-order valence-electron chi connectivity index (χ1n) is 9.57. The highest BCUT2D eigenvalue weighted by Gasteiger charge is 2.29. The molecule has 0 aromatic heterocycles. The van der Waals surface area contributed by atoms with Gasteiger partial charge >= 0.3 is 6.18 Å². The van der Waals surface area contributed by atoms with E-state index in [-0.39, 0.29) is 6.61 Å². The highest BCUT2D eigenvalue weighted by atomic mass is 79.9. The molecule has 4 nitrogen and oxygen atoms in total. The van der Waals surface area contributed by atoms with Crippen LogP contribution in [0.2, 0.25) is 5.02 Å². The van der Waals surface area contributed by atoms with Gasteiger partial charge in [0, 0.05) is 10.6 Å². The number of halogens is 5. The molecule has 3 aromatic carbocycles. The van der Waals surface area contributed by atoms with Gasteiger partial charge in [-0.05, 0) is 70.9 Å². The number of anilines is 1. The number of nitrogens with one attached hydrogen (secondary N) is 1. The zero-order valence-corrected chi connectivity index (χ0v) is 19.3. The molecule has 0 amide bonds. The molecule has 9 heteroatoms. The van der Waals surface area contributed by atoms with Crippen LogP contribution in [-0.2, 0) is 12.8 Å². The van der Waals surface area contributed by atoms with Crippen LogP contribution in [0.25, 0.3) is 0 Å². The quantitative estimate of drug-likeness (QED) is 0.243. The van der Waals surface area contributed by atoms with Gasteiger partial charge in [-0.1, -0.05) is 29.8 Å². The summed E-state index contributed by atoms with van der Waals surface area (Å²) in [4.78, 5) is 0. The van der Waals surface area contributed by atoms with Crippen molar-refractivity contribution >= 4 is 39.4 Å².